The lowest BCUT2D eigenvalue weighted by molar-refractivity contribution is -0.145. The molecule has 2 aliphatic heterocycles. The van der Waals surface area contributed by atoms with E-state index in [0.717, 1.165) is 21.7 Å². The number of primary amides is 1. The molecule has 23 nitrogen and oxygen atoms in total. The highest BCUT2D eigenvalue weighted by atomic mass is 32.1. The Morgan fingerprint density at radius 1 is 0.910 bits per heavy atom. The second kappa shape index (κ2) is 28.8. The summed E-state index contributed by atoms with van der Waals surface area (Å²) in [5, 5.41) is 22.6. The van der Waals surface area contributed by atoms with Crippen LogP contribution in [0, 0.1) is 30.0 Å². The van der Waals surface area contributed by atoms with Crippen LogP contribution in [0.2, 0.25) is 0 Å². The molecule has 478 valence electrons. The third-order valence-electron chi connectivity index (χ3n) is 17.0. The standard InChI is InChI=1S/C63H79FN9O14PS/c1-34(37-15-17-39(18-16-37)56-35(2)66-33-89-56)67-58(79)46-30-44(75)29-45(46)55(78)57(63(4,5)6)71-53(77)14-9-7-8-11-38-12-10-13-51(54(38)64)87-32-42(20-24-52(65)76)68-60(81)50-23-21-43-25-26-72(36(3)74)31-49(61(82)73(43)50)70-59(80)48-28-41-27-40(19-22-47(41)69-48)62(83)88(84,85)86/h10,12-13,15-19,22,27-28,33-34,42-46,49-50,57,69,75H,7-9,11,14,20-21,23-26,29-32H2,1-6H3,(H2,65,76)(H,67,79)(H,68,81)(H,70,80)(H,71,77)(H2,84,85,86)/t34-,42-,43+,44-,45?,46+,49-,50-,57+/m0/s1. The number of ether oxygens (including phenoxy) is 1. The average molecular weight is 1270 g/mol. The molecule has 89 heavy (non-hydrogen) atoms. The number of aliphatic hydroxyl groups is 1. The number of Topliss-reactive ketones (excluding diaryl/α,β-unsaturated/α-hetero) is 1. The van der Waals surface area contributed by atoms with E-state index in [9.17, 15) is 62.6 Å². The molecular formula is C63H79FN9O14PS. The van der Waals surface area contributed by atoms with Crippen LogP contribution in [0.5, 0.6) is 5.75 Å². The van der Waals surface area contributed by atoms with Gasteiger partial charge in [-0.05, 0) is 124 Å². The number of unbranched alkanes of at least 4 members (excludes halogenated alkanes) is 2. The SMILES string of the molecule is CC(=O)N1CC[C@H]2CC[C@@H](C(=O)N[C@@H](CCC(N)=O)COc3cccc(CCCCCC(=O)N[C@H](C(=O)C4C[C@H](O)C[C@H]4C(=O)N[C@@H](C)c4ccc(-c5scnc5C)cc4)C(C)(C)C)c3F)N2C(=O)[C@@H](NC(=O)c2cc3cc(C(=O)P(=O)(O)O)ccc3[nH]2)C1. The molecule has 26 heteroatoms. The largest absolute Gasteiger partial charge is 0.488 e. The van der Waals surface area contributed by atoms with Crippen molar-refractivity contribution in [2.75, 3.05) is 19.7 Å². The molecule has 9 atom stereocenters. The second-order valence-electron chi connectivity index (χ2n) is 24.6. The van der Waals surface area contributed by atoms with Crippen LogP contribution in [0.4, 0.5) is 4.39 Å². The van der Waals surface area contributed by atoms with E-state index in [1.807, 2.05) is 58.9 Å². The number of H-pyrrole nitrogens is 1. The summed E-state index contributed by atoms with van der Waals surface area (Å²) in [7, 11) is -5.10. The van der Waals surface area contributed by atoms with E-state index < -0.39 is 96.1 Å². The first-order valence-electron chi connectivity index (χ1n) is 30.0. The highest BCUT2D eigenvalue weighted by Crippen LogP contribution is 2.40. The number of thiazole rings is 1. The molecule has 8 rings (SSSR count). The minimum atomic E-state index is -5.10. The van der Waals surface area contributed by atoms with Gasteiger partial charge in [0.2, 0.25) is 35.4 Å². The van der Waals surface area contributed by atoms with Crippen molar-refractivity contribution in [3.05, 3.63) is 106 Å². The van der Waals surface area contributed by atoms with Crippen LogP contribution < -0.4 is 31.7 Å². The number of aromatic nitrogens is 2. The van der Waals surface area contributed by atoms with Gasteiger partial charge in [-0.25, -0.2) is 9.37 Å². The highest BCUT2D eigenvalue weighted by molar-refractivity contribution is 7.70. The minimum absolute atomic E-state index is 0.00271. The summed E-state index contributed by atoms with van der Waals surface area (Å²) in [5.74, 6) is -6.42. The number of carbonyl (C=O) groups is 9. The number of amides is 7. The topological polar surface area (TPSA) is 350 Å². The molecule has 3 fully saturated rings. The maximum atomic E-state index is 16.1. The number of aliphatic hydroxyl groups excluding tert-OH is 1. The number of ketones is 1. The van der Waals surface area contributed by atoms with Crippen molar-refractivity contribution < 1.29 is 71.7 Å². The Labute approximate surface area is 519 Å². The van der Waals surface area contributed by atoms with Crippen LogP contribution in [0.3, 0.4) is 0 Å². The first-order valence-corrected chi connectivity index (χ1v) is 32.5. The zero-order chi connectivity index (χ0) is 64.6. The van der Waals surface area contributed by atoms with E-state index in [4.69, 9.17) is 10.5 Å². The van der Waals surface area contributed by atoms with Gasteiger partial charge in [0.15, 0.2) is 17.3 Å². The third kappa shape index (κ3) is 16.8. The Hall–Kier alpha value is -7.70. The van der Waals surface area contributed by atoms with Crippen molar-refractivity contribution in [2.45, 2.75) is 161 Å². The first-order chi connectivity index (χ1) is 42.1. The van der Waals surface area contributed by atoms with Crippen LogP contribution >= 0.6 is 18.9 Å². The van der Waals surface area contributed by atoms with Gasteiger partial charge in [-0.15, -0.1) is 11.3 Å². The van der Waals surface area contributed by atoms with Gasteiger partial charge in [0.1, 0.15) is 24.4 Å². The van der Waals surface area contributed by atoms with Crippen LogP contribution in [0.1, 0.15) is 149 Å². The molecule has 1 unspecified atom stereocenters. The molecule has 2 saturated heterocycles. The number of carbonyl (C=O) groups excluding carboxylic acids is 9. The maximum absolute atomic E-state index is 16.1. The van der Waals surface area contributed by atoms with Crippen molar-refractivity contribution in [1.29, 1.82) is 0 Å². The van der Waals surface area contributed by atoms with Gasteiger partial charge in [-0.3, -0.25) is 47.7 Å². The van der Waals surface area contributed by atoms with Crippen molar-refractivity contribution in [2.24, 2.45) is 23.0 Å². The van der Waals surface area contributed by atoms with Gasteiger partial charge in [-0.2, -0.15) is 0 Å². The summed E-state index contributed by atoms with van der Waals surface area (Å²) in [6, 6.07) is 12.5. The summed E-state index contributed by atoms with van der Waals surface area (Å²) in [5.41, 5.74) is 8.35. The Balaban J connectivity index is 0.835. The van der Waals surface area contributed by atoms with Crippen molar-refractivity contribution in [3.63, 3.8) is 0 Å². The summed E-state index contributed by atoms with van der Waals surface area (Å²) in [4.78, 5) is 151. The Morgan fingerprint density at radius 2 is 1.64 bits per heavy atom. The number of aryl methyl sites for hydroxylation is 2. The summed E-state index contributed by atoms with van der Waals surface area (Å²) >= 11 is 1.55. The number of fused-ring (bicyclic) bond motifs is 2. The van der Waals surface area contributed by atoms with Crippen molar-refractivity contribution in [3.8, 4) is 16.2 Å². The zero-order valence-electron chi connectivity index (χ0n) is 50.7. The lowest BCUT2D eigenvalue weighted by Gasteiger charge is -2.38. The number of hydrogen-bond acceptors (Lipinski definition) is 14. The van der Waals surface area contributed by atoms with Crippen LogP contribution in [0.25, 0.3) is 21.3 Å². The minimum Gasteiger partial charge on any atom is -0.488 e. The van der Waals surface area contributed by atoms with E-state index in [2.05, 4.69) is 31.2 Å². The van der Waals surface area contributed by atoms with E-state index in [1.54, 1.807) is 29.0 Å². The fourth-order valence-electron chi connectivity index (χ4n) is 12.1. The molecular weight excluding hydrogens is 1190 g/mol. The fraction of sp³-hybridized carbons (Fsp3) is 0.492. The third-order valence-corrected chi connectivity index (χ3v) is 18.8. The predicted molar refractivity (Wildman–Crippen MR) is 328 cm³/mol. The molecule has 0 spiro atoms. The van der Waals surface area contributed by atoms with Gasteiger partial charge in [0, 0.05) is 61.3 Å². The van der Waals surface area contributed by atoms with Gasteiger partial charge < -0.3 is 61.4 Å². The molecule has 0 radical (unpaired) electrons. The maximum Gasteiger partial charge on any atom is 0.396 e. The molecule has 4 heterocycles. The average Bonchev–Trinajstić information content (AvgIpc) is 2.07. The van der Waals surface area contributed by atoms with Gasteiger partial charge in [0.05, 0.1) is 46.2 Å². The summed E-state index contributed by atoms with van der Waals surface area (Å²) < 4.78 is 33.7. The van der Waals surface area contributed by atoms with Gasteiger partial charge >= 0.3 is 7.60 Å². The molecule has 1 aliphatic carbocycles. The Morgan fingerprint density at radius 3 is 2.31 bits per heavy atom. The molecule has 0 bridgehead atoms. The number of aromatic amines is 1. The number of nitrogens with zero attached hydrogens (tertiary/aromatic N) is 3. The number of hydrogen-bond donors (Lipinski definition) is 9. The number of halogens is 1. The Kier molecular flexibility index (Phi) is 21.8. The smallest absolute Gasteiger partial charge is 0.396 e. The zero-order valence-corrected chi connectivity index (χ0v) is 52.4. The summed E-state index contributed by atoms with van der Waals surface area (Å²) in [6.45, 7) is 10.3. The van der Waals surface area contributed by atoms with Gasteiger partial charge in [-0.1, -0.05) is 63.6 Å². The van der Waals surface area contributed by atoms with Crippen LogP contribution in [-0.2, 0) is 44.5 Å². The number of nitrogens with one attached hydrogen (secondary N) is 5. The lowest BCUT2D eigenvalue weighted by atomic mass is 9.77. The van der Waals surface area contributed by atoms with Crippen LogP contribution in [0.15, 0.2) is 72.2 Å². The predicted octanol–water partition coefficient (Wildman–Crippen LogP) is 6.06. The van der Waals surface area contributed by atoms with E-state index in [0.29, 0.717) is 43.2 Å². The molecule has 10 N–H and O–H groups in total. The van der Waals surface area contributed by atoms with E-state index >= 15 is 4.39 Å². The first kappa shape index (κ1) is 67.2. The summed E-state index contributed by atoms with van der Waals surface area (Å²) in [6.07, 6.45) is 1.89. The van der Waals surface area contributed by atoms with Crippen molar-refractivity contribution >= 4 is 82.5 Å². The monoisotopic (exact) mass is 1270 g/mol. The molecule has 3 aliphatic rings. The second-order valence-corrected chi connectivity index (χ2v) is 27.0. The lowest BCUT2D eigenvalue weighted by Crippen LogP contribution is -2.61. The quantitative estimate of drug-likeness (QED) is 0.0237. The van der Waals surface area contributed by atoms with E-state index in [1.165, 1.54) is 47.1 Å². The van der Waals surface area contributed by atoms with E-state index in [-0.39, 0.29) is 117 Å². The highest BCUT2D eigenvalue weighted by Gasteiger charge is 2.48. The number of benzene rings is 3. The fourth-order valence-corrected chi connectivity index (χ4v) is 13.4. The normalized spacial score (nSPS) is 20.6. The van der Waals surface area contributed by atoms with Crippen molar-refractivity contribution in [1.82, 2.24) is 41.0 Å². The molecule has 7 amide bonds. The Bertz CT molecular complexity index is 3530. The molecule has 1 saturated carbocycles. The molecule has 2 aromatic heterocycles. The number of rotatable bonds is 25. The van der Waals surface area contributed by atoms with Crippen LogP contribution in [-0.4, -0.2) is 143 Å². The van der Waals surface area contributed by atoms with Gasteiger partial charge in [0.25, 0.3) is 11.4 Å². The molecule has 5 aromatic rings. The molecule has 3 aromatic carbocycles. The number of nitrogens with two attached hydrogens (primary N) is 1.